The number of esters is 1. The standard InChI is InChI=1S/C8H15NO3/c1-11-5-6-3-7(9-4-6)8(10)12-2/h6-7,9H,3-5H2,1-2H3/t6-,7?/m0/s1. The van der Waals surface area contributed by atoms with Gasteiger partial charge in [-0.1, -0.05) is 0 Å². The van der Waals surface area contributed by atoms with Gasteiger partial charge in [0, 0.05) is 13.7 Å². The lowest BCUT2D eigenvalue weighted by atomic mass is 10.1. The Hall–Kier alpha value is -0.610. The number of carbonyl (C=O) groups is 1. The van der Waals surface area contributed by atoms with Crippen LogP contribution in [0, 0.1) is 5.92 Å². The lowest BCUT2D eigenvalue weighted by Gasteiger charge is -2.07. The van der Waals surface area contributed by atoms with Crippen molar-refractivity contribution in [3.63, 3.8) is 0 Å². The molecule has 0 aromatic heterocycles. The van der Waals surface area contributed by atoms with Gasteiger partial charge in [-0.05, 0) is 12.3 Å². The van der Waals surface area contributed by atoms with Gasteiger partial charge in [-0.15, -0.1) is 0 Å². The Kier molecular flexibility index (Phi) is 3.49. The highest BCUT2D eigenvalue weighted by Crippen LogP contribution is 2.14. The van der Waals surface area contributed by atoms with E-state index >= 15 is 0 Å². The highest BCUT2D eigenvalue weighted by Gasteiger charge is 2.29. The summed E-state index contributed by atoms with van der Waals surface area (Å²) in [5.41, 5.74) is 0. The number of methoxy groups -OCH3 is 2. The van der Waals surface area contributed by atoms with Crippen LogP contribution in [-0.4, -0.2) is 39.4 Å². The Balaban J connectivity index is 2.30. The molecule has 1 heterocycles. The summed E-state index contributed by atoms with van der Waals surface area (Å²) in [6.45, 7) is 1.55. The molecule has 1 saturated heterocycles. The van der Waals surface area contributed by atoms with E-state index in [-0.39, 0.29) is 12.0 Å². The first kappa shape index (κ1) is 9.48. The van der Waals surface area contributed by atoms with Crippen LogP contribution in [0.2, 0.25) is 0 Å². The maximum atomic E-state index is 11.0. The zero-order valence-electron chi connectivity index (χ0n) is 7.50. The Morgan fingerprint density at radius 3 is 2.92 bits per heavy atom. The summed E-state index contributed by atoms with van der Waals surface area (Å²) in [6.07, 6.45) is 0.820. The molecule has 1 aliphatic heterocycles. The molecule has 0 saturated carbocycles. The zero-order chi connectivity index (χ0) is 8.97. The number of ether oxygens (including phenoxy) is 2. The van der Waals surface area contributed by atoms with Crippen molar-refractivity contribution in [2.75, 3.05) is 27.4 Å². The molecule has 0 bridgehead atoms. The van der Waals surface area contributed by atoms with Gasteiger partial charge in [0.05, 0.1) is 13.7 Å². The molecule has 0 aromatic carbocycles. The average molecular weight is 173 g/mol. The van der Waals surface area contributed by atoms with E-state index in [1.165, 1.54) is 7.11 Å². The van der Waals surface area contributed by atoms with Gasteiger partial charge in [0.2, 0.25) is 0 Å². The van der Waals surface area contributed by atoms with E-state index in [0.717, 1.165) is 13.0 Å². The molecule has 1 aliphatic rings. The second kappa shape index (κ2) is 4.42. The Morgan fingerprint density at radius 1 is 1.58 bits per heavy atom. The number of hydrogen-bond donors (Lipinski definition) is 1. The predicted molar refractivity (Wildman–Crippen MR) is 43.8 cm³/mol. The van der Waals surface area contributed by atoms with Crippen LogP contribution in [0.15, 0.2) is 0 Å². The molecule has 2 atom stereocenters. The number of nitrogens with one attached hydrogen (secondary N) is 1. The van der Waals surface area contributed by atoms with E-state index < -0.39 is 0 Å². The molecule has 0 radical (unpaired) electrons. The molecule has 4 nitrogen and oxygen atoms in total. The van der Waals surface area contributed by atoms with Gasteiger partial charge in [-0.25, -0.2) is 0 Å². The van der Waals surface area contributed by atoms with Crippen molar-refractivity contribution in [3.8, 4) is 0 Å². The third-order valence-electron chi connectivity index (χ3n) is 2.11. The van der Waals surface area contributed by atoms with E-state index in [2.05, 4.69) is 10.1 Å². The first-order chi connectivity index (χ1) is 5.77. The molecule has 1 rings (SSSR count). The van der Waals surface area contributed by atoms with Crippen LogP contribution in [0.25, 0.3) is 0 Å². The molecule has 1 N–H and O–H groups in total. The van der Waals surface area contributed by atoms with Gasteiger partial charge >= 0.3 is 5.97 Å². The summed E-state index contributed by atoms with van der Waals surface area (Å²) in [5, 5.41) is 3.09. The molecule has 12 heavy (non-hydrogen) atoms. The van der Waals surface area contributed by atoms with Gasteiger partial charge in [0.15, 0.2) is 0 Å². The minimum absolute atomic E-state index is 0.129. The summed E-state index contributed by atoms with van der Waals surface area (Å²) in [6, 6.07) is -0.129. The van der Waals surface area contributed by atoms with E-state index in [4.69, 9.17) is 4.74 Å². The topological polar surface area (TPSA) is 47.6 Å². The SMILES string of the molecule is COC[C@@H]1CNC(C(=O)OC)C1. The zero-order valence-corrected chi connectivity index (χ0v) is 7.50. The second-order valence-corrected chi connectivity index (χ2v) is 3.04. The Morgan fingerprint density at radius 2 is 2.33 bits per heavy atom. The highest BCUT2D eigenvalue weighted by molar-refractivity contribution is 5.75. The summed E-state index contributed by atoms with van der Waals surface area (Å²) in [5.74, 6) is 0.271. The first-order valence-electron chi connectivity index (χ1n) is 4.08. The van der Waals surface area contributed by atoms with Crippen molar-refractivity contribution in [1.29, 1.82) is 0 Å². The van der Waals surface area contributed by atoms with Crippen LogP contribution in [-0.2, 0) is 14.3 Å². The molecule has 1 unspecified atom stereocenters. The summed E-state index contributed by atoms with van der Waals surface area (Å²) in [4.78, 5) is 11.0. The van der Waals surface area contributed by atoms with Crippen molar-refractivity contribution in [1.82, 2.24) is 5.32 Å². The molecule has 70 valence electrons. The molecule has 0 aliphatic carbocycles. The molecule has 4 heteroatoms. The Labute approximate surface area is 72.2 Å². The van der Waals surface area contributed by atoms with Crippen molar-refractivity contribution in [2.45, 2.75) is 12.5 Å². The van der Waals surface area contributed by atoms with E-state index in [1.54, 1.807) is 7.11 Å². The smallest absolute Gasteiger partial charge is 0.322 e. The van der Waals surface area contributed by atoms with Crippen molar-refractivity contribution < 1.29 is 14.3 Å². The molecule has 0 amide bonds. The van der Waals surface area contributed by atoms with Gasteiger partial charge in [0.1, 0.15) is 6.04 Å². The fourth-order valence-electron chi connectivity index (χ4n) is 1.49. The second-order valence-electron chi connectivity index (χ2n) is 3.04. The van der Waals surface area contributed by atoms with Crippen LogP contribution < -0.4 is 5.32 Å². The number of hydrogen-bond acceptors (Lipinski definition) is 4. The minimum Gasteiger partial charge on any atom is -0.468 e. The maximum Gasteiger partial charge on any atom is 0.322 e. The molecular weight excluding hydrogens is 158 g/mol. The maximum absolute atomic E-state index is 11.0. The van der Waals surface area contributed by atoms with Crippen LogP contribution in [0.3, 0.4) is 0 Å². The molecular formula is C8H15NO3. The molecule has 1 fully saturated rings. The lowest BCUT2D eigenvalue weighted by molar-refractivity contribution is -0.142. The quantitative estimate of drug-likeness (QED) is 0.600. The predicted octanol–water partition coefficient (Wildman–Crippen LogP) is -0.216. The number of carbonyl (C=O) groups excluding carboxylic acids is 1. The normalized spacial score (nSPS) is 28.8. The Bertz CT molecular complexity index is 160. The van der Waals surface area contributed by atoms with Crippen molar-refractivity contribution in [2.24, 2.45) is 5.92 Å². The third-order valence-corrected chi connectivity index (χ3v) is 2.11. The van der Waals surface area contributed by atoms with Crippen LogP contribution in [0.1, 0.15) is 6.42 Å². The van der Waals surface area contributed by atoms with E-state index in [1.807, 2.05) is 0 Å². The van der Waals surface area contributed by atoms with Crippen molar-refractivity contribution >= 4 is 5.97 Å². The fraction of sp³-hybridized carbons (Fsp3) is 0.875. The van der Waals surface area contributed by atoms with Gasteiger partial charge in [0.25, 0.3) is 0 Å². The molecule has 0 spiro atoms. The van der Waals surface area contributed by atoms with Crippen LogP contribution in [0.5, 0.6) is 0 Å². The van der Waals surface area contributed by atoms with E-state index in [9.17, 15) is 4.79 Å². The fourth-order valence-corrected chi connectivity index (χ4v) is 1.49. The van der Waals surface area contributed by atoms with E-state index in [0.29, 0.717) is 12.5 Å². The van der Waals surface area contributed by atoms with Crippen molar-refractivity contribution in [3.05, 3.63) is 0 Å². The number of rotatable bonds is 3. The van der Waals surface area contributed by atoms with Gasteiger partial charge < -0.3 is 14.8 Å². The monoisotopic (exact) mass is 173 g/mol. The summed E-state index contributed by atoms with van der Waals surface area (Å²) in [7, 11) is 3.08. The highest BCUT2D eigenvalue weighted by atomic mass is 16.5. The minimum atomic E-state index is -0.173. The van der Waals surface area contributed by atoms with Gasteiger partial charge in [-0.2, -0.15) is 0 Å². The summed E-state index contributed by atoms with van der Waals surface area (Å²) >= 11 is 0. The third kappa shape index (κ3) is 2.19. The summed E-state index contributed by atoms with van der Waals surface area (Å²) < 4.78 is 9.61. The lowest BCUT2D eigenvalue weighted by Crippen LogP contribution is -2.31. The van der Waals surface area contributed by atoms with Gasteiger partial charge in [-0.3, -0.25) is 4.79 Å². The first-order valence-corrected chi connectivity index (χ1v) is 4.08. The largest absolute Gasteiger partial charge is 0.468 e. The van der Waals surface area contributed by atoms with Crippen LogP contribution >= 0.6 is 0 Å². The molecule has 0 aromatic rings. The average Bonchev–Trinajstić information content (AvgIpc) is 2.52. The van der Waals surface area contributed by atoms with Crippen LogP contribution in [0.4, 0.5) is 0 Å².